The molecule has 0 saturated carbocycles. The highest BCUT2D eigenvalue weighted by Crippen LogP contribution is 2.41. The van der Waals surface area contributed by atoms with Gasteiger partial charge in [-0.3, -0.25) is 4.98 Å². The largest absolute Gasteiger partial charge is 0.323 e. The van der Waals surface area contributed by atoms with Crippen molar-refractivity contribution < 1.29 is 0 Å². The van der Waals surface area contributed by atoms with E-state index in [1.165, 1.54) is 10.5 Å². The Balaban J connectivity index is 1.64. The van der Waals surface area contributed by atoms with E-state index in [1.54, 1.807) is 0 Å². The van der Waals surface area contributed by atoms with Gasteiger partial charge in [0.25, 0.3) is 0 Å². The van der Waals surface area contributed by atoms with Crippen molar-refractivity contribution in [2.75, 3.05) is 0 Å². The van der Waals surface area contributed by atoms with E-state index < -0.39 is 0 Å². The predicted octanol–water partition coefficient (Wildman–Crippen LogP) is 3.95. The molecule has 2 unspecified atom stereocenters. The van der Waals surface area contributed by atoms with Crippen LogP contribution in [-0.4, -0.2) is 10.2 Å². The van der Waals surface area contributed by atoms with Crippen LogP contribution in [0.25, 0.3) is 10.9 Å². The molecule has 4 rings (SSSR count). The van der Waals surface area contributed by atoms with Gasteiger partial charge in [-0.05, 0) is 35.7 Å². The zero-order valence-corrected chi connectivity index (χ0v) is 12.4. The van der Waals surface area contributed by atoms with Crippen molar-refractivity contribution >= 4 is 22.7 Å². The fraction of sp³-hybridized carbons (Fsp3) is 0.167. The number of para-hydroxylation sites is 1. The number of hydrogen-bond acceptors (Lipinski definition) is 3. The first kappa shape index (κ1) is 12.9. The maximum absolute atomic E-state index is 6.51. The van der Waals surface area contributed by atoms with Crippen molar-refractivity contribution in [2.24, 2.45) is 5.73 Å². The van der Waals surface area contributed by atoms with Crippen LogP contribution in [0.3, 0.4) is 0 Å². The lowest BCUT2D eigenvalue weighted by atomic mass is 9.99. The second-order valence-corrected chi connectivity index (χ2v) is 6.74. The molecule has 21 heavy (non-hydrogen) atoms. The smallest absolute Gasteiger partial charge is 0.0702 e. The molecule has 2 atom stereocenters. The van der Waals surface area contributed by atoms with E-state index >= 15 is 0 Å². The summed E-state index contributed by atoms with van der Waals surface area (Å²) in [7, 11) is 0. The van der Waals surface area contributed by atoms with Crippen LogP contribution >= 0.6 is 11.8 Å². The molecule has 0 saturated heterocycles. The molecule has 0 radical (unpaired) electrons. The molecule has 104 valence electrons. The minimum atomic E-state index is 0.0134. The molecule has 1 aromatic heterocycles. The Kier molecular flexibility index (Phi) is 3.17. The van der Waals surface area contributed by atoms with Crippen LogP contribution in [0, 0.1) is 0 Å². The second kappa shape index (κ2) is 5.17. The summed E-state index contributed by atoms with van der Waals surface area (Å²) in [5, 5.41) is 1.55. The highest BCUT2D eigenvalue weighted by Gasteiger charge is 2.28. The van der Waals surface area contributed by atoms with E-state index in [-0.39, 0.29) is 6.04 Å². The second-order valence-electron chi connectivity index (χ2n) is 5.46. The van der Waals surface area contributed by atoms with Crippen molar-refractivity contribution in [3.05, 3.63) is 71.9 Å². The number of rotatable bonds is 2. The Bertz CT molecular complexity index is 775. The van der Waals surface area contributed by atoms with Crippen LogP contribution in [-0.2, 0) is 6.42 Å². The molecule has 0 bridgehead atoms. The molecule has 1 aliphatic rings. The third kappa shape index (κ3) is 2.33. The molecule has 2 heterocycles. The molecule has 3 aromatic rings. The van der Waals surface area contributed by atoms with E-state index in [1.807, 2.05) is 36.2 Å². The van der Waals surface area contributed by atoms with Crippen molar-refractivity contribution in [1.29, 1.82) is 0 Å². The first-order valence-electron chi connectivity index (χ1n) is 7.16. The van der Waals surface area contributed by atoms with Gasteiger partial charge in [-0.25, -0.2) is 0 Å². The van der Waals surface area contributed by atoms with Crippen LogP contribution in [0.15, 0.2) is 65.7 Å². The summed E-state index contributed by atoms with van der Waals surface area (Å²) in [6.45, 7) is 0. The summed E-state index contributed by atoms with van der Waals surface area (Å²) < 4.78 is 0. The van der Waals surface area contributed by atoms with Gasteiger partial charge in [0, 0.05) is 27.8 Å². The summed E-state index contributed by atoms with van der Waals surface area (Å²) in [6.07, 6.45) is 2.96. The van der Waals surface area contributed by atoms with Crippen LogP contribution in [0.4, 0.5) is 0 Å². The number of pyridine rings is 1. The van der Waals surface area contributed by atoms with Crippen molar-refractivity contribution in [3.8, 4) is 0 Å². The highest BCUT2D eigenvalue weighted by atomic mass is 32.2. The Hall–Kier alpha value is -1.84. The van der Waals surface area contributed by atoms with Gasteiger partial charge in [0.05, 0.1) is 5.52 Å². The normalized spacial score (nSPS) is 18.6. The number of benzene rings is 2. The van der Waals surface area contributed by atoms with Gasteiger partial charge < -0.3 is 5.73 Å². The third-order valence-electron chi connectivity index (χ3n) is 4.07. The molecule has 0 aliphatic carbocycles. The third-order valence-corrected chi connectivity index (χ3v) is 5.48. The van der Waals surface area contributed by atoms with Gasteiger partial charge in [0.1, 0.15) is 0 Å². The number of thioether (sulfide) groups is 1. The molecule has 0 amide bonds. The van der Waals surface area contributed by atoms with E-state index in [0.717, 1.165) is 22.9 Å². The first-order valence-corrected chi connectivity index (χ1v) is 8.04. The van der Waals surface area contributed by atoms with Gasteiger partial charge in [-0.1, -0.05) is 36.4 Å². The molecular formula is C18H16N2S. The van der Waals surface area contributed by atoms with Crippen molar-refractivity contribution in [1.82, 2.24) is 4.98 Å². The molecule has 2 aromatic carbocycles. The maximum Gasteiger partial charge on any atom is 0.0702 e. The van der Waals surface area contributed by atoms with E-state index in [2.05, 4.69) is 41.4 Å². The molecule has 0 spiro atoms. The van der Waals surface area contributed by atoms with Crippen molar-refractivity contribution in [2.45, 2.75) is 22.6 Å². The molecular weight excluding hydrogens is 276 g/mol. The number of fused-ring (bicyclic) bond motifs is 2. The quantitative estimate of drug-likeness (QED) is 0.777. The lowest BCUT2D eigenvalue weighted by molar-refractivity contribution is 0.676. The monoisotopic (exact) mass is 292 g/mol. The van der Waals surface area contributed by atoms with Gasteiger partial charge in [0.15, 0.2) is 0 Å². The van der Waals surface area contributed by atoms with E-state index in [4.69, 9.17) is 5.73 Å². The van der Waals surface area contributed by atoms with Gasteiger partial charge >= 0.3 is 0 Å². The number of aromatic nitrogens is 1. The average Bonchev–Trinajstić information content (AvgIpc) is 2.97. The van der Waals surface area contributed by atoms with E-state index in [0.29, 0.717) is 5.25 Å². The SMILES string of the molecule is NC(c1cnc2ccccc2c1)C1Cc2ccccc2S1. The predicted molar refractivity (Wildman–Crippen MR) is 88.5 cm³/mol. The van der Waals surface area contributed by atoms with Gasteiger partial charge in [-0.2, -0.15) is 0 Å². The molecule has 0 fully saturated rings. The van der Waals surface area contributed by atoms with Gasteiger partial charge in [0.2, 0.25) is 0 Å². The standard InChI is InChI=1S/C18H16N2S/c19-18(17-10-13-6-2-4-8-16(13)21-17)14-9-12-5-1-3-7-15(12)20-11-14/h1-9,11,17-18H,10,19H2. The van der Waals surface area contributed by atoms with Crippen molar-refractivity contribution in [3.63, 3.8) is 0 Å². The molecule has 3 heteroatoms. The topological polar surface area (TPSA) is 38.9 Å². The fourth-order valence-electron chi connectivity index (χ4n) is 2.89. The lowest BCUT2D eigenvalue weighted by Crippen LogP contribution is -2.23. The Morgan fingerprint density at radius 2 is 1.90 bits per heavy atom. The zero-order valence-electron chi connectivity index (χ0n) is 11.6. The lowest BCUT2D eigenvalue weighted by Gasteiger charge is -2.18. The van der Waals surface area contributed by atoms with Crippen LogP contribution < -0.4 is 5.73 Å². The summed E-state index contributed by atoms with van der Waals surface area (Å²) in [6, 6.07) is 19.0. The van der Waals surface area contributed by atoms with Gasteiger partial charge in [-0.15, -0.1) is 11.8 Å². The first-order chi connectivity index (χ1) is 10.3. The highest BCUT2D eigenvalue weighted by molar-refractivity contribution is 8.00. The molecule has 1 aliphatic heterocycles. The van der Waals surface area contributed by atoms with E-state index in [9.17, 15) is 0 Å². The Morgan fingerprint density at radius 1 is 1.10 bits per heavy atom. The summed E-state index contributed by atoms with van der Waals surface area (Å²) in [4.78, 5) is 5.90. The summed E-state index contributed by atoms with van der Waals surface area (Å²) in [5.41, 5.74) is 10.1. The number of nitrogens with two attached hydrogens (primary N) is 1. The molecule has 2 nitrogen and oxygen atoms in total. The van der Waals surface area contributed by atoms with Crippen LogP contribution in [0.2, 0.25) is 0 Å². The minimum Gasteiger partial charge on any atom is -0.323 e. The fourth-order valence-corrected chi connectivity index (χ4v) is 4.25. The Labute approximate surface area is 128 Å². The maximum atomic E-state index is 6.51. The average molecular weight is 292 g/mol. The zero-order chi connectivity index (χ0) is 14.2. The van der Waals surface area contributed by atoms with Crippen LogP contribution in [0.5, 0.6) is 0 Å². The Morgan fingerprint density at radius 3 is 2.81 bits per heavy atom. The number of hydrogen-bond donors (Lipinski definition) is 1. The summed E-state index contributed by atoms with van der Waals surface area (Å²) in [5.74, 6) is 0. The number of nitrogens with zero attached hydrogens (tertiary/aromatic N) is 1. The van der Waals surface area contributed by atoms with Crippen LogP contribution in [0.1, 0.15) is 17.2 Å². The summed E-state index contributed by atoms with van der Waals surface area (Å²) >= 11 is 1.89. The minimum absolute atomic E-state index is 0.0134. The molecule has 2 N–H and O–H groups in total.